The fourth-order valence-corrected chi connectivity index (χ4v) is 0. The van der Waals surface area contributed by atoms with E-state index < -0.39 is 0 Å². The molecular formula is H5Cl5NORu. The van der Waals surface area contributed by atoms with Crippen LogP contribution >= 0.6 is 62.0 Å². The zero-order valence-electron chi connectivity index (χ0n) is 3.25. The number of hydrogen-bond acceptors (Lipinski definition) is 2. The third kappa shape index (κ3) is 122. The fourth-order valence-electron chi connectivity index (χ4n) is 0. The van der Waals surface area contributed by atoms with Gasteiger partial charge < -0.3 is 0 Å². The van der Waals surface area contributed by atoms with Crippen molar-refractivity contribution in [3.8, 4) is 0 Å². The van der Waals surface area contributed by atoms with Gasteiger partial charge in [-0.1, -0.05) is 0 Å². The molecule has 8 heteroatoms. The van der Waals surface area contributed by atoms with Crippen molar-refractivity contribution in [3.05, 3.63) is 4.91 Å². The maximum atomic E-state index is 8.52. The molecule has 2 nitrogen and oxygen atoms in total. The molecular weight excluding hydrogens is 308 g/mol. The Bertz CT molecular complexity index is 19.9. The van der Waals surface area contributed by atoms with Crippen LogP contribution in [0.1, 0.15) is 0 Å². The summed E-state index contributed by atoms with van der Waals surface area (Å²) in [7, 11) is 0. The minimum atomic E-state index is 0. The van der Waals surface area contributed by atoms with Crippen molar-refractivity contribution in [3.63, 3.8) is 0 Å². The van der Waals surface area contributed by atoms with Crippen LogP contribution in [0.3, 0.4) is 0 Å². The predicted molar refractivity (Wildman–Crippen MR) is 42.0 cm³/mol. The van der Waals surface area contributed by atoms with Crippen LogP contribution in [0.15, 0.2) is 3.92 Å². The van der Waals surface area contributed by atoms with Crippen LogP contribution in [-0.2, 0) is 18.5 Å². The second kappa shape index (κ2) is 71.5. The molecule has 0 fully saturated rings. The molecule has 0 aliphatic carbocycles. The molecule has 0 aromatic carbocycles. The van der Waals surface area contributed by atoms with Crippen molar-refractivity contribution in [2.45, 2.75) is 0 Å². The second-order valence-corrected chi connectivity index (χ2v) is 0.382. The van der Waals surface area contributed by atoms with Crippen LogP contribution in [0.25, 0.3) is 0 Å². The van der Waals surface area contributed by atoms with E-state index in [0.29, 0.717) is 0 Å². The molecule has 0 bridgehead atoms. The number of hydrogen-bond donors (Lipinski definition) is 0. The van der Waals surface area contributed by atoms with Crippen molar-refractivity contribution >= 4 is 62.0 Å². The average molecular weight is 313 g/mol. The van der Waals surface area contributed by atoms with Crippen molar-refractivity contribution < 1.29 is 18.5 Å². The van der Waals surface area contributed by atoms with Gasteiger partial charge in [0, 0.05) is 0 Å². The molecule has 0 atom stereocenters. The van der Waals surface area contributed by atoms with Crippen LogP contribution in [0.2, 0.25) is 0 Å². The van der Waals surface area contributed by atoms with Crippen LogP contribution in [0.4, 0.5) is 0 Å². The number of rotatable bonds is 0. The van der Waals surface area contributed by atoms with Crippen molar-refractivity contribution in [1.82, 2.24) is 0 Å². The monoisotopic (exact) mass is 312 g/mol. The number of nitrogens with zero attached hydrogens (tertiary/aromatic N) is 1. The van der Waals surface area contributed by atoms with Crippen LogP contribution in [0.5, 0.6) is 0 Å². The molecule has 0 aromatic heterocycles. The summed E-state index contributed by atoms with van der Waals surface area (Å²) in [6.45, 7) is 0. The van der Waals surface area contributed by atoms with E-state index in [9.17, 15) is 0 Å². The minimum absolute atomic E-state index is 0. The van der Waals surface area contributed by atoms with E-state index in [1.165, 1.54) is 0 Å². The quantitative estimate of drug-likeness (QED) is 0.498. The average Bonchev–Trinajstić information content (AvgIpc) is 0.918. The number of halogens is 5. The van der Waals surface area contributed by atoms with Crippen molar-refractivity contribution in [1.29, 1.82) is 0 Å². The van der Waals surface area contributed by atoms with E-state index in [-0.39, 0.29) is 62.0 Å². The zero-order valence-corrected chi connectivity index (χ0v) is 9.07. The van der Waals surface area contributed by atoms with Gasteiger partial charge in [0.2, 0.25) is 0 Å². The topological polar surface area (TPSA) is 29.4 Å². The summed E-state index contributed by atoms with van der Waals surface area (Å²) in [5.74, 6) is 0. The Hall–Kier alpha value is 1.67. The van der Waals surface area contributed by atoms with E-state index in [1.807, 2.05) is 0 Å². The van der Waals surface area contributed by atoms with Gasteiger partial charge in [-0.2, -0.15) is 0 Å². The fraction of sp³-hybridized carbons (Fsp3) is 0. The van der Waals surface area contributed by atoms with Gasteiger partial charge >= 0.3 is 27.4 Å². The van der Waals surface area contributed by atoms with Gasteiger partial charge in [0.1, 0.15) is 0 Å². The zero-order chi connectivity index (χ0) is 2.71. The summed E-state index contributed by atoms with van der Waals surface area (Å²) < 4.78 is 2.18. The Morgan fingerprint density at radius 1 is 0.875 bits per heavy atom. The van der Waals surface area contributed by atoms with E-state index >= 15 is 0 Å². The summed E-state index contributed by atoms with van der Waals surface area (Å²) in [6, 6.07) is 0. The molecule has 0 aliphatic heterocycles. The van der Waals surface area contributed by atoms with E-state index in [4.69, 9.17) is 4.91 Å². The molecule has 8 heavy (non-hydrogen) atoms. The standard InChI is InChI=1S/5ClH.NO.Ru/c;;;;;1-2;/h5*1H;;/q;;;;;-1;+1. The van der Waals surface area contributed by atoms with Gasteiger partial charge in [0.05, 0.1) is 0 Å². The molecule has 0 heterocycles. The maximum absolute atomic E-state index is 8.52. The van der Waals surface area contributed by atoms with Gasteiger partial charge in [-0.05, 0) is 0 Å². The Morgan fingerprint density at radius 2 is 0.875 bits per heavy atom. The molecule has 59 valence electrons. The van der Waals surface area contributed by atoms with Crippen molar-refractivity contribution in [2.24, 2.45) is 3.92 Å². The first-order valence-electron chi connectivity index (χ1n) is 0.341. The summed E-state index contributed by atoms with van der Waals surface area (Å²) >= 11 is 1.58. The van der Waals surface area contributed by atoms with Gasteiger partial charge in [-0.3, -0.25) is 0 Å². The molecule has 0 aromatic rings. The van der Waals surface area contributed by atoms with Crippen LogP contribution < -0.4 is 0 Å². The first kappa shape index (κ1) is 53.9. The van der Waals surface area contributed by atoms with Gasteiger partial charge in [0.25, 0.3) is 0 Å². The molecule has 0 aliphatic rings. The Balaban J connectivity index is -0.00000000200. The Kier molecular flexibility index (Phi) is 482. The molecule has 0 saturated heterocycles. The van der Waals surface area contributed by atoms with Crippen LogP contribution in [0, 0.1) is 4.91 Å². The first-order valence-corrected chi connectivity index (χ1v) is 1.12. The van der Waals surface area contributed by atoms with Gasteiger partial charge in [-0.25, -0.2) is 0 Å². The molecule has 0 saturated carbocycles. The Labute approximate surface area is 88.9 Å². The molecule has 0 N–H and O–H groups in total. The van der Waals surface area contributed by atoms with E-state index in [1.54, 1.807) is 18.5 Å². The second-order valence-electron chi connectivity index (χ2n) is 0.0645. The normalized spacial score (nSPS) is 1.62. The summed E-state index contributed by atoms with van der Waals surface area (Å²) in [5.41, 5.74) is 0. The predicted octanol–water partition coefficient (Wildman–Crippen LogP) is 2.32. The van der Waals surface area contributed by atoms with E-state index in [2.05, 4.69) is 3.92 Å². The SMILES string of the molecule is Cl.Cl.Cl.Cl.Cl.O=[N][Ru]. The van der Waals surface area contributed by atoms with E-state index in [0.717, 1.165) is 0 Å². The van der Waals surface area contributed by atoms with Crippen molar-refractivity contribution in [2.75, 3.05) is 0 Å². The third-order valence-electron chi connectivity index (χ3n) is 0. The van der Waals surface area contributed by atoms with Crippen LogP contribution in [-0.4, -0.2) is 0 Å². The van der Waals surface area contributed by atoms with Gasteiger partial charge in [0.15, 0.2) is 0 Å². The molecule has 0 amide bonds. The molecule has 0 spiro atoms. The van der Waals surface area contributed by atoms with Gasteiger partial charge in [-0.15, -0.1) is 62.0 Å². The molecule has 0 rings (SSSR count). The molecule has 0 unspecified atom stereocenters. The summed E-state index contributed by atoms with van der Waals surface area (Å²) in [5, 5.41) is 0. The first-order chi connectivity index (χ1) is 1.41. The summed E-state index contributed by atoms with van der Waals surface area (Å²) in [6.07, 6.45) is 0. The number of nitroso groups, excluding NO2 is 1. The third-order valence-corrected chi connectivity index (χ3v) is 0. The Morgan fingerprint density at radius 3 is 0.875 bits per heavy atom. The molecule has 0 radical (unpaired) electrons. The summed E-state index contributed by atoms with van der Waals surface area (Å²) in [4.78, 5) is 8.52.